The minimum atomic E-state index is -0.969. The molecule has 114 valence electrons. The summed E-state index contributed by atoms with van der Waals surface area (Å²) in [5.41, 5.74) is 0.419. The monoisotopic (exact) mass is 353 g/mol. The maximum atomic E-state index is 12.5. The molecule has 21 heavy (non-hydrogen) atoms. The van der Waals surface area contributed by atoms with Gasteiger partial charge in [0.25, 0.3) is 0 Å². The van der Waals surface area contributed by atoms with Crippen LogP contribution in [0.2, 0.25) is 0 Å². The number of hydrogen-bond donors (Lipinski definition) is 2. The van der Waals surface area contributed by atoms with Crippen LogP contribution < -0.4 is 5.32 Å². The molecule has 0 radical (unpaired) electrons. The molecule has 1 aromatic rings. The van der Waals surface area contributed by atoms with Gasteiger partial charge in [-0.25, -0.2) is 4.79 Å². The smallest absolute Gasteiger partial charge is 0.326 e. The Kier molecular flexibility index (Phi) is 4.71. The lowest BCUT2D eigenvalue weighted by atomic mass is 9.94. The van der Waals surface area contributed by atoms with Gasteiger partial charge in [-0.2, -0.15) is 0 Å². The molecular weight excluding hydrogens is 334 g/mol. The summed E-state index contributed by atoms with van der Waals surface area (Å²) in [6.45, 7) is 3.90. The van der Waals surface area contributed by atoms with Crippen LogP contribution in [0, 0.1) is 5.92 Å². The van der Waals surface area contributed by atoms with Crippen LogP contribution in [0.15, 0.2) is 28.7 Å². The number of carboxylic acid groups (broad SMARTS) is 1. The Morgan fingerprint density at radius 1 is 1.29 bits per heavy atom. The van der Waals surface area contributed by atoms with E-state index in [1.807, 2.05) is 38.1 Å². The molecule has 4 nitrogen and oxygen atoms in total. The van der Waals surface area contributed by atoms with E-state index in [-0.39, 0.29) is 11.8 Å². The van der Waals surface area contributed by atoms with Gasteiger partial charge in [0, 0.05) is 4.47 Å². The average Bonchev–Trinajstić information content (AvgIpc) is 3.19. The fraction of sp³-hybridized carbons (Fsp3) is 0.500. The fourth-order valence-electron chi connectivity index (χ4n) is 2.53. The number of carboxylic acids is 1. The van der Waals surface area contributed by atoms with E-state index in [1.165, 1.54) is 0 Å². The molecule has 0 bridgehead atoms. The number of hydrogen-bond acceptors (Lipinski definition) is 2. The van der Waals surface area contributed by atoms with Gasteiger partial charge < -0.3 is 10.4 Å². The average molecular weight is 354 g/mol. The van der Waals surface area contributed by atoms with Crippen molar-refractivity contribution in [1.82, 2.24) is 5.32 Å². The second-order valence-corrected chi connectivity index (χ2v) is 7.00. The molecule has 2 rings (SSSR count). The zero-order chi connectivity index (χ0) is 15.6. The lowest BCUT2D eigenvalue weighted by molar-refractivity contribution is -0.142. The molecule has 0 spiro atoms. The van der Waals surface area contributed by atoms with Crippen molar-refractivity contribution in [3.63, 3.8) is 0 Å². The molecule has 1 atom stereocenters. The van der Waals surface area contributed by atoms with Gasteiger partial charge in [-0.15, -0.1) is 0 Å². The standard InChI is InChI=1S/C16H20BrNO3/c1-10(2)9-13(14(19)20)18-15(21)16(7-8-16)11-3-5-12(17)6-4-11/h3-6,10,13H,7-9H2,1-2H3,(H,18,21)(H,19,20)/t13-/m0/s1. The first-order valence-electron chi connectivity index (χ1n) is 7.15. The van der Waals surface area contributed by atoms with Gasteiger partial charge in [0.2, 0.25) is 5.91 Å². The van der Waals surface area contributed by atoms with Crippen LogP contribution in [-0.4, -0.2) is 23.0 Å². The predicted molar refractivity (Wildman–Crippen MR) is 84.1 cm³/mol. The highest BCUT2D eigenvalue weighted by molar-refractivity contribution is 9.10. The molecule has 1 aliphatic carbocycles. The minimum absolute atomic E-state index is 0.169. The number of amides is 1. The molecule has 0 aliphatic heterocycles. The van der Waals surface area contributed by atoms with Crippen LogP contribution in [0.5, 0.6) is 0 Å². The van der Waals surface area contributed by atoms with E-state index in [0.717, 1.165) is 22.9 Å². The summed E-state index contributed by atoms with van der Waals surface area (Å²) in [6.07, 6.45) is 1.99. The number of halogens is 1. The molecule has 0 aromatic heterocycles. The van der Waals surface area contributed by atoms with E-state index in [4.69, 9.17) is 0 Å². The lowest BCUT2D eigenvalue weighted by Crippen LogP contribution is -2.46. The van der Waals surface area contributed by atoms with Crippen molar-refractivity contribution in [2.75, 3.05) is 0 Å². The summed E-state index contributed by atoms with van der Waals surface area (Å²) < 4.78 is 0.964. The van der Waals surface area contributed by atoms with Crippen molar-refractivity contribution < 1.29 is 14.7 Å². The van der Waals surface area contributed by atoms with Crippen LogP contribution in [0.25, 0.3) is 0 Å². The molecule has 1 fully saturated rings. The minimum Gasteiger partial charge on any atom is -0.480 e. The Labute approximate surface area is 133 Å². The van der Waals surface area contributed by atoms with Crippen molar-refractivity contribution in [1.29, 1.82) is 0 Å². The highest BCUT2D eigenvalue weighted by atomic mass is 79.9. The zero-order valence-corrected chi connectivity index (χ0v) is 13.8. The maximum absolute atomic E-state index is 12.5. The first-order chi connectivity index (χ1) is 9.85. The second-order valence-electron chi connectivity index (χ2n) is 6.08. The topological polar surface area (TPSA) is 66.4 Å². The molecule has 2 N–H and O–H groups in total. The second kappa shape index (κ2) is 6.18. The molecular formula is C16H20BrNO3. The van der Waals surface area contributed by atoms with Crippen molar-refractivity contribution in [3.05, 3.63) is 34.3 Å². The van der Waals surface area contributed by atoms with Gasteiger partial charge in [0.1, 0.15) is 6.04 Å². The van der Waals surface area contributed by atoms with Gasteiger partial charge in [-0.05, 0) is 42.9 Å². The van der Waals surface area contributed by atoms with Crippen LogP contribution >= 0.6 is 15.9 Å². The van der Waals surface area contributed by atoms with Crippen molar-refractivity contribution in [3.8, 4) is 0 Å². The van der Waals surface area contributed by atoms with Gasteiger partial charge >= 0.3 is 5.97 Å². The third-order valence-corrected chi connectivity index (χ3v) is 4.42. The van der Waals surface area contributed by atoms with E-state index in [1.54, 1.807) is 0 Å². The lowest BCUT2D eigenvalue weighted by Gasteiger charge is -2.21. The van der Waals surface area contributed by atoms with E-state index >= 15 is 0 Å². The Balaban J connectivity index is 2.11. The van der Waals surface area contributed by atoms with Crippen LogP contribution in [-0.2, 0) is 15.0 Å². The van der Waals surface area contributed by atoms with E-state index in [0.29, 0.717) is 6.42 Å². The summed E-state index contributed by atoms with van der Waals surface area (Å²) >= 11 is 3.38. The number of carbonyl (C=O) groups excluding carboxylic acids is 1. The molecule has 1 amide bonds. The van der Waals surface area contributed by atoms with Crippen molar-refractivity contribution in [2.45, 2.75) is 44.6 Å². The Hall–Kier alpha value is -1.36. The Morgan fingerprint density at radius 2 is 1.86 bits per heavy atom. The van der Waals surface area contributed by atoms with Gasteiger partial charge in [0.15, 0.2) is 0 Å². The first kappa shape index (κ1) is 16.0. The predicted octanol–water partition coefficient (Wildman–Crippen LogP) is 3.10. The van der Waals surface area contributed by atoms with E-state index in [9.17, 15) is 14.7 Å². The molecule has 0 saturated heterocycles. The molecule has 1 aromatic carbocycles. The Morgan fingerprint density at radius 3 is 2.29 bits per heavy atom. The normalized spacial score (nSPS) is 17.3. The summed E-state index contributed by atoms with van der Waals surface area (Å²) in [6, 6.07) is 6.85. The Bertz CT molecular complexity index is 535. The number of benzene rings is 1. The number of nitrogens with one attached hydrogen (secondary N) is 1. The number of aliphatic carboxylic acids is 1. The molecule has 1 aliphatic rings. The molecule has 1 saturated carbocycles. The van der Waals surface area contributed by atoms with E-state index in [2.05, 4.69) is 21.2 Å². The van der Waals surface area contributed by atoms with Crippen LogP contribution in [0.3, 0.4) is 0 Å². The SMILES string of the molecule is CC(C)C[C@H](NC(=O)C1(c2ccc(Br)cc2)CC1)C(=O)O. The third-order valence-electron chi connectivity index (χ3n) is 3.89. The molecule has 0 heterocycles. The number of carbonyl (C=O) groups is 2. The van der Waals surface area contributed by atoms with E-state index < -0.39 is 17.4 Å². The molecule has 5 heteroatoms. The summed E-state index contributed by atoms with van der Waals surface area (Å²) in [5.74, 6) is -0.921. The number of rotatable bonds is 6. The van der Waals surface area contributed by atoms with Gasteiger partial charge in [-0.3, -0.25) is 4.79 Å². The highest BCUT2D eigenvalue weighted by Crippen LogP contribution is 2.48. The van der Waals surface area contributed by atoms with Crippen molar-refractivity contribution >= 4 is 27.8 Å². The van der Waals surface area contributed by atoms with Crippen LogP contribution in [0.4, 0.5) is 0 Å². The summed E-state index contributed by atoms with van der Waals surface area (Å²) in [4.78, 5) is 23.8. The summed E-state index contributed by atoms with van der Waals surface area (Å²) in [5, 5.41) is 12.0. The largest absolute Gasteiger partial charge is 0.480 e. The quantitative estimate of drug-likeness (QED) is 0.825. The molecule has 0 unspecified atom stereocenters. The maximum Gasteiger partial charge on any atom is 0.326 e. The highest BCUT2D eigenvalue weighted by Gasteiger charge is 2.51. The third kappa shape index (κ3) is 3.64. The van der Waals surface area contributed by atoms with Crippen LogP contribution in [0.1, 0.15) is 38.7 Å². The van der Waals surface area contributed by atoms with Crippen molar-refractivity contribution in [2.24, 2.45) is 5.92 Å². The zero-order valence-electron chi connectivity index (χ0n) is 12.2. The first-order valence-corrected chi connectivity index (χ1v) is 7.94. The summed E-state index contributed by atoms with van der Waals surface area (Å²) in [7, 11) is 0. The van der Waals surface area contributed by atoms with Gasteiger partial charge in [0.05, 0.1) is 5.41 Å². The van der Waals surface area contributed by atoms with Gasteiger partial charge in [-0.1, -0.05) is 41.9 Å². The fourth-order valence-corrected chi connectivity index (χ4v) is 2.79.